The van der Waals surface area contributed by atoms with Gasteiger partial charge in [-0.25, -0.2) is 14.8 Å². The van der Waals surface area contributed by atoms with Crippen molar-refractivity contribution < 1.29 is 24.0 Å². The number of ether oxygens (including phenoxy) is 1. The van der Waals surface area contributed by atoms with Gasteiger partial charge >= 0.3 is 5.97 Å². The summed E-state index contributed by atoms with van der Waals surface area (Å²) < 4.78 is 4.97. The third-order valence-electron chi connectivity index (χ3n) is 6.84. The Hall–Kier alpha value is -3.69. The van der Waals surface area contributed by atoms with E-state index >= 15 is 0 Å². The first-order valence-corrected chi connectivity index (χ1v) is 12.4. The molecule has 2 amide bonds. The number of imide groups is 1. The average molecular weight is 506 g/mol. The largest absolute Gasteiger partial charge is 0.465 e. The molecular formula is C27H27N3O5S. The zero-order chi connectivity index (χ0) is 25.7. The molecule has 2 aromatic carbocycles. The Balaban J connectivity index is 1.60. The van der Waals surface area contributed by atoms with Gasteiger partial charge in [0.1, 0.15) is 10.9 Å². The molecule has 0 aliphatic carbocycles. The highest BCUT2D eigenvalue weighted by molar-refractivity contribution is 7.17. The van der Waals surface area contributed by atoms with E-state index in [4.69, 9.17) is 9.57 Å². The van der Waals surface area contributed by atoms with E-state index in [0.717, 1.165) is 26.7 Å². The van der Waals surface area contributed by atoms with Gasteiger partial charge in [0.05, 0.1) is 24.4 Å². The maximum Gasteiger partial charge on any atom is 0.341 e. The molecule has 3 atom stereocenters. The highest BCUT2D eigenvalue weighted by atomic mass is 32.1. The van der Waals surface area contributed by atoms with E-state index in [-0.39, 0.29) is 10.6 Å². The minimum Gasteiger partial charge on any atom is -0.465 e. The van der Waals surface area contributed by atoms with E-state index in [9.17, 15) is 14.4 Å². The molecule has 0 radical (unpaired) electrons. The van der Waals surface area contributed by atoms with E-state index in [1.807, 2.05) is 80.5 Å². The predicted octanol–water partition coefficient (Wildman–Crippen LogP) is 4.27. The summed E-state index contributed by atoms with van der Waals surface area (Å²) in [7, 11) is 5.21. The molecule has 2 aliphatic rings. The Morgan fingerprint density at radius 3 is 2.28 bits per heavy atom. The van der Waals surface area contributed by atoms with Crippen molar-refractivity contribution in [3.8, 4) is 0 Å². The second kappa shape index (κ2) is 9.07. The van der Waals surface area contributed by atoms with Gasteiger partial charge in [0.25, 0.3) is 5.91 Å². The molecule has 3 heterocycles. The van der Waals surface area contributed by atoms with Gasteiger partial charge < -0.3 is 9.64 Å². The lowest BCUT2D eigenvalue weighted by molar-refractivity contribution is -0.126. The van der Waals surface area contributed by atoms with Crippen LogP contribution in [0.25, 0.3) is 0 Å². The molecule has 0 bridgehead atoms. The number of anilines is 3. The van der Waals surface area contributed by atoms with Gasteiger partial charge in [-0.05, 0) is 49.2 Å². The fourth-order valence-corrected chi connectivity index (χ4v) is 5.99. The van der Waals surface area contributed by atoms with Crippen LogP contribution in [0.3, 0.4) is 0 Å². The summed E-state index contributed by atoms with van der Waals surface area (Å²) in [5, 5.41) is 1.96. The number of carbonyl (C=O) groups is 3. The fourth-order valence-electron chi connectivity index (χ4n) is 4.83. The third kappa shape index (κ3) is 3.66. The molecule has 0 saturated carbocycles. The van der Waals surface area contributed by atoms with Crippen molar-refractivity contribution in [1.82, 2.24) is 0 Å². The molecule has 1 aromatic heterocycles. The van der Waals surface area contributed by atoms with Crippen molar-refractivity contribution in [3.63, 3.8) is 0 Å². The first-order valence-electron chi connectivity index (χ1n) is 11.6. The molecule has 36 heavy (non-hydrogen) atoms. The second-order valence-electron chi connectivity index (χ2n) is 9.11. The van der Waals surface area contributed by atoms with E-state index < -0.39 is 35.8 Å². The first kappa shape index (κ1) is 24.0. The molecule has 2 aliphatic heterocycles. The summed E-state index contributed by atoms with van der Waals surface area (Å²) >= 11 is 1.24. The Bertz CT molecular complexity index is 1340. The van der Waals surface area contributed by atoms with Crippen molar-refractivity contribution in [3.05, 3.63) is 76.2 Å². The highest BCUT2D eigenvalue weighted by Crippen LogP contribution is 2.49. The molecule has 5 rings (SSSR count). The third-order valence-corrected chi connectivity index (χ3v) is 8.03. The zero-order valence-electron chi connectivity index (χ0n) is 20.7. The molecule has 0 N–H and O–H groups in total. The standard InChI is InChI=1S/C27H27N3O5S/c1-15-16(2)36-26(20(15)27(33)34-5)29-24(31)21-22(17-11-13-18(14-12-17)28(3)4)30(35-23(21)25(29)32)19-9-7-6-8-10-19/h6-14,21-23H,1-5H3/t21-,22-,23-/m0/s1. The molecule has 0 unspecified atom stereocenters. The molecule has 2 saturated heterocycles. The average Bonchev–Trinajstić information content (AvgIpc) is 3.49. The van der Waals surface area contributed by atoms with Crippen molar-refractivity contribution in [1.29, 1.82) is 0 Å². The number of nitrogens with zero attached hydrogens (tertiary/aromatic N) is 3. The maximum absolute atomic E-state index is 14.0. The number of rotatable bonds is 5. The molecular weight excluding hydrogens is 478 g/mol. The van der Waals surface area contributed by atoms with Crippen LogP contribution in [-0.2, 0) is 19.2 Å². The van der Waals surface area contributed by atoms with Crippen LogP contribution in [-0.4, -0.2) is 45.1 Å². The van der Waals surface area contributed by atoms with Gasteiger partial charge in [0.15, 0.2) is 6.10 Å². The van der Waals surface area contributed by atoms with Crippen molar-refractivity contribution in [2.24, 2.45) is 5.92 Å². The number of carbonyl (C=O) groups excluding carboxylic acids is 3. The van der Waals surface area contributed by atoms with Crippen LogP contribution in [0.4, 0.5) is 16.4 Å². The summed E-state index contributed by atoms with van der Waals surface area (Å²) in [4.78, 5) is 50.4. The van der Waals surface area contributed by atoms with Gasteiger partial charge in [0.2, 0.25) is 5.91 Å². The van der Waals surface area contributed by atoms with Gasteiger partial charge in [-0.15, -0.1) is 11.3 Å². The van der Waals surface area contributed by atoms with Crippen LogP contribution in [0.2, 0.25) is 0 Å². The van der Waals surface area contributed by atoms with E-state index in [1.54, 1.807) is 12.0 Å². The van der Waals surface area contributed by atoms with Gasteiger partial charge in [-0.3, -0.25) is 14.4 Å². The number of thiophene rings is 1. The van der Waals surface area contributed by atoms with Crippen LogP contribution in [0.1, 0.15) is 32.4 Å². The Labute approximate surface area is 213 Å². The molecule has 186 valence electrons. The summed E-state index contributed by atoms with van der Waals surface area (Å²) in [6, 6.07) is 16.8. The molecule has 0 spiro atoms. The molecule has 3 aromatic rings. The van der Waals surface area contributed by atoms with Crippen LogP contribution in [0.5, 0.6) is 0 Å². The molecule has 9 heteroatoms. The van der Waals surface area contributed by atoms with Crippen LogP contribution in [0, 0.1) is 19.8 Å². The highest BCUT2D eigenvalue weighted by Gasteiger charge is 2.61. The van der Waals surface area contributed by atoms with Gasteiger partial charge in [-0.2, -0.15) is 0 Å². The number of aryl methyl sites for hydroxylation is 1. The normalized spacial score (nSPS) is 21.2. The van der Waals surface area contributed by atoms with Crippen molar-refractivity contribution in [2.75, 3.05) is 36.1 Å². The van der Waals surface area contributed by atoms with Crippen LogP contribution >= 0.6 is 11.3 Å². The maximum atomic E-state index is 14.0. The Morgan fingerprint density at radius 2 is 1.67 bits per heavy atom. The van der Waals surface area contributed by atoms with Gasteiger partial charge in [-0.1, -0.05) is 30.3 Å². The summed E-state index contributed by atoms with van der Waals surface area (Å²) in [5.74, 6) is -2.23. The lowest BCUT2D eigenvalue weighted by atomic mass is 9.90. The smallest absolute Gasteiger partial charge is 0.341 e. The van der Waals surface area contributed by atoms with E-state index in [2.05, 4.69) is 0 Å². The lowest BCUT2D eigenvalue weighted by Crippen LogP contribution is -2.37. The number of benzene rings is 2. The fraction of sp³-hybridized carbons (Fsp3) is 0.296. The number of fused-ring (bicyclic) bond motifs is 1. The summed E-state index contributed by atoms with van der Waals surface area (Å²) in [6.07, 6.45) is -1.01. The lowest BCUT2D eigenvalue weighted by Gasteiger charge is -2.29. The number of hydroxylamine groups is 1. The van der Waals surface area contributed by atoms with E-state index in [1.165, 1.54) is 18.4 Å². The minimum atomic E-state index is -1.01. The Morgan fingerprint density at radius 1 is 1.00 bits per heavy atom. The number of methoxy groups -OCH3 is 1. The molecule has 8 nitrogen and oxygen atoms in total. The second-order valence-corrected chi connectivity index (χ2v) is 10.3. The van der Waals surface area contributed by atoms with Crippen molar-refractivity contribution >= 4 is 45.5 Å². The monoisotopic (exact) mass is 505 g/mol. The summed E-state index contributed by atoms with van der Waals surface area (Å²) in [6.45, 7) is 3.64. The first-order chi connectivity index (χ1) is 17.2. The van der Waals surface area contributed by atoms with E-state index in [0.29, 0.717) is 5.56 Å². The topological polar surface area (TPSA) is 79.4 Å². The summed E-state index contributed by atoms with van der Waals surface area (Å²) in [5.41, 5.74) is 3.56. The van der Waals surface area contributed by atoms with Crippen LogP contribution in [0.15, 0.2) is 54.6 Å². The SMILES string of the molecule is COC(=O)c1c(N2C(=O)[C@@H]3[C@H](ON(c4ccccc4)[C@H]3c3ccc(N(C)C)cc3)C2=O)sc(C)c1C. The van der Waals surface area contributed by atoms with Crippen LogP contribution < -0.4 is 14.9 Å². The minimum absolute atomic E-state index is 0.244. The zero-order valence-corrected chi connectivity index (χ0v) is 21.5. The Kier molecular flexibility index (Phi) is 6.05. The van der Waals surface area contributed by atoms with Crippen molar-refractivity contribution in [2.45, 2.75) is 26.0 Å². The molecule has 2 fully saturated rings. The predicted molar refractivity (Wildman–Crippen MR) is 138 cm³/mol. The number of esters is 1. The van der Waals surface area contributed by atoms with Gasteiger partial charge in [0, 0.05) is 24.7 Å². The number of amides is 2. The number of para-hydroxylation sites is 1. The number of hydrogen-bond acceptors (Lipinski definition) is 8. The quantitative estimate of drug-likeness (QED) is 0.379. The number of hydrogen-bond donors (Lipinski definition) is 0.